The van der Waals surface area contributed by atoms with Crippen LogP contribution in [0.2, 0.25) is 10.0 Å². The molecule has 2 rings (SSSR count). The Balaban J connectivity index is 2.06. The Morgan fingerprint density at radius 1 is 1.05 bits per heavy atom. The van der Waals surface area contributed by atoms with Crippen LogP contribution >= 0.6 is 23.2 Å². The molecule has 0 aliphatic heterocycles. The second-order valence-corrected chi connectivity index (χ2v) is 6.70. The minimum absolute atomic E-state index is 0.0560. The first-order chi connectivity index (χ1) is 10.3. The number of benzene rings is 1. The quantitative estimate of drug-likeness (QED) is 0.817. The van der Waals surface area contributed by atoms with Gasteiger partial charge in [-0.15, -0.1) is 0 Å². The van der Waals surface area contributed by atoms with Gasteiger partial charge >= 0.3 is 0 Å². The first-order valence-electron chi connectivity index (χ1n) is 6.75. The molecule has 1 aromatic carbocycles. The summed E-state index contributed by atoms with van der Waals surface area (Å²) in [5, 5.41) is 6.91. The van der Waals surface area contributed by atoms with E-state index in [4.69, 9.17) is 23.2 Å². The molecule has 1 heterocycles. The molecule has 0 aliphatic carbocycles. The largest absolute Gasteiger partial charge is 0.340 e. The maximum atomic E-state index is 11.9. The number of halogens is 2. The van der Waals surface area contributed by atoms with E-state index in [1.807, 2.05) is 26.8 Å². The molecule has 0 unspecified atom stereocenters. The fraction of sp³-hybridized carbons (Fsp3) is 0.250. The highest BCUT2D eigenvalue weighted by Gasteiger charge is 2.21. The lowest BCUT2D eigenvalue weighted by atomic mass is 9.96. The van der Waals surface area contributed by atoms with Crippen LogP contribution in [0.3, 0.4) is 0 Å². The lowest BCUT2D eigenvalue weighted by molar-refractivity contribution is -0.123. The zero-order valence-corrected chi connectivity index (χ0v) is 14.1. The second kappa shape index (κ2) is 6.55. The number of carbonyl (C=O) groups is 1. The molecule has 1 amide bonds. The molecule has 0 spiro atoms. The highest BCUT2D eigenvalue weighted by molar-refractivity contribution is 6.42. The van der Waals surface area contributed by atoms with Gasteiger partial charge in [0.15, 0.2) is 0 Å². The smallest absolute Gasteiger partial charge is 0.229 e. The molecule has 0 fully saturated rings. The molecule has 0 bridgehead atoms. The highest BCUT2D eigenvalue weighted by atomic mass is 35.5. The lowest BCUT2D eigenvalue weighted by Gasteiger charge is -2.17. The van der Waals surface area contributed by atoms with Crippen molar-refractivity contribution in [2.45, 2.75) is 20.8 Å². The van der Waals surface area contributed by atoms with Gasteiger partial charge in [-0.05, 0) is 30.3 Å². The molecule has 22 heavy (non-hydrogen) atoms. The van der Waals surface area contributed by atoms with Crippen LogP contribution < -0.4 is 10.6 Å². The molecule has 116 valence electrons. The number of aromatic nitrogens is 1. The predicted molar refractivity (Wildman–Crippen MR) is 92.1 cm³/mol. The van der Waals surface area contributed by atoms with Gasteiger partial charge < -0.3 is 10.6 Å². The zero-order valence-electron chi connectivity index (χ0n) is 12.6. The third kappa shape index (κ3) is 4.36. The molecule has 0 aliphatic rings. The van der Waals surface area contributed by atoms with Gasteiger partial charge in [0.2, 0.25) is 5.91 Å². The summed E-state index contributed by atoms with van der Waals surface area (Å²) in [4.78, 5) is 16.2. The summed E-state index contributed by atoms with van der Waals surface area (Å²) in [7, 11) is 0. The van der Waals surface area contributed by atoms with Gasteiger partial charge in [-0.3, -0.25) is 4.79 Å². The first kappa shape index (κ1) is 16.6. The molecule has 0 saturated carbocycles. The van der Waals surface area contributed by atoms with E-state index in [1.165, 1.54) is 0 Å². The van der Waals surface area contributed by atoms with E-state index in [-0.39, 0.29) is 5.91 Å². The van der Waals surface area contributed by atoms with Gasteiger partial charge in [-0.2, -0.15) is 0 Å². The molecular weight excluding hydrogens is 321 g/mol. The number of nitrogens with zero attached hydrogens (tertiary/aromatic N) is 1. The van der Waals surface area contributed by atoms with E-state index >= 15 is 0 Å². The van der Waals surface area contributed by atoms with Crippen molar-refractivity contribution in [3.63, 3.8) is 0 Å². The van der Waals surface area contributed by atoms with Gasteiger partial charge in [-0.25, -0.2) is 4.98 Å². The molecule has 0 radical (unpaired) electrons. The van der Waals surface area contributed by atoms with Crippen LogP contribution in [0.15, 0.2) is 36.5 Å². The van der Waals surface area contributed by atoms with Crippen LogP contribution in [0.5, 0.6) is 0 Å². The zero-order chi connectivity index (χ0) is 16.3. The molecule has 4 nitrogen and oxygen atoms in total. The fourth-order valence-corrected chi connectivity index (χ4v) is 1.88. The van der Waals surface area contributed by atoms with Gasteiger partial charge in [-0.1, -0.05) is 44.0 Å². The number of nitrogens with one attached hydrogen (secondary N) is 2. The van der Waals surface area contributed by atoms with Crippen molar-refractivity contribution in [3.8, 4) is 0 Å². The number of rotatable bonds is 3. The van der Waals surface area contributed by atoms with Crippen molar-refractivity contribution in [1.82, 2.24) is 4.98 Å². The van der Waals surface area contributed by atoms with Crippen LogP contribution in [-0.4, -0.2) is 10.9 Å². The van der Waals surface area contributed by atoms with E-state index in [9.17, 15) is 4.79 Å². The Morgan fingerprint density at radius 3 is 2.27 bits per heavy atom. The Hall–Kier alpha value is -1.78. The summed E-state index contributed by atoms with van der Waals surface area (Å²) >= 11 is 11.8. The first-order valence-corrected chi connectivity index (χ1v) is 7.51. The van der Waals surface area contributed by atoms with Crippen LogP contribution in [0, 0.1) is 5.41 Å². The van der Waals surface area contributed by atoms with Crippen LogP contribution in [-0.2, 0) is 4.79 Å². The third-order valence-corrected chi connectivity index (χ3v) is 3.63. The van der Waals surface area contributed by atoms with Crippen molar-refractivity contribution in [3.05, 3.63) is 46.6 Å². The van der Waals surface area contributed by atoms with Gasteiger partial charge in [0.1, 0.15) is 5.82 Å². The molecule has 6 heteroatoms. The van der Waals surface area contributed by atoms with Gasteiger partial charge in [0, 0.05) is 11.1 Å². The van der Waals surface area contributed by atoms with Gasteiger partial charge in [0.05, 0.1) is 21.9 Å². The average Bonchev–Trinajstić information content (AvgIpc) is 2.44. The summed E-state index contributed by atoms with van der Waals surface area (Å²) < 4.78 is 0. The van der Waals surface area contributed by atoms with E-state index in [0.29, 0.717) is 21.6 Å². The standard InChI is InChI=1S/C16H17Cl2N3O/c1-16(2,3)15(22)21-11-5-7-14(19-9-11)20-10-4-6-12(17)13(18)8-10/h4-9H,1-3H3,(H,19,20)(H,21,22). The van der Waals surface area contributed by atoms with Crippen LogP contribution in [0.4, 0.5) is 17.2 Å². The van der Waals surface area contributed by atoms with E-state index in [0.717, 1.165) is 5.69 Å². The molecule has 1 aromatic heterocycles. The summed E-state index contributed by atoms with van der Waals surface area (Å²) in [6, 6.07) is 8.81. The maximum absolute atomic E-state index is 11.9. The number of carbonyl (C=O) groups excluding carboxylic acids is 1. The molecule has 0 atom stereocenters. The van der Waals surface area contributed by atoms with Crippen molar-refractivity contribution in [2.75, 3.05) is 10.6 Å². The van der Waals surface area contributed by atoms with E-state index < -0.39 is 5.41 Å². The molecular formula is C16H17Cl2N3O. The van der Waals surface area contributed by atoms with Crippen LogP contribution in [0.25, 0.3) is 0 Å². The number of hydrogen-bond donors (Lipinski definition) is 2. The van der Waals surface area contributed by atoms with E-state index in [2.05, 4.69) is 15.6 Å². The predicted octanol–water partition coefficient (Wildman–Crippen LogP) is 5.12. The molecule has 0 saturated heterocycles. The normalized spacial score (nSPS) is 11.1. The Bertz CT molecular complexity index is 679. The Kier molecular flexibility index (Phi) is 4.94. The van der Waals surface area contributed by atoms with Crippen molar-refractivity contribution in [1.29, 1.82) is 0 Å². The summed E-state index contributed by atoms with van der Waals surface area (Å²) in [5.41, 5.74) is 0.991. The van der Waals surface area contributed by atoms with E-state index in [1.54, 1.807) is 30.5 Å². The number of pyridine rings is 1. The maximum Gasteiger partial charge on any atom is 0.229 e. The Morgan fingerprint density at radius 2 is 1.73 bits per heavy atom. The summed E-state index contributed by atoms with van der Waals surface area (Å²) in [6.45, 7) is 5.57. The fourth-order valence-electron chi connectivity index (χ4n) is 1.58. The molecule has 2 aromatic rings. The van der Waals surface area contributed by atoms with Crippen molar-refractivity contribution >= 4 is 46.3 Å². The average molecular weight is 338 g/mol. The number of amides is 1. The molecule has 2 N–H and O–H groups in total. The minimum atomic E-state index is -0.447. The van der Waals surface area contributed by atoms with Gasteiger partial charge in [0.25, 0.3) is 0 Å². The third-order valence-electron chi connectivity index (χ3n) is 2.89. The van der Waals surface area contributed by atoms with Crippen molar-refractivity contribution in [2.24, 2.45) is 5.41 Å². The summed E-state index contributed by atoms with van der Waals surface area (Å²) in [5.74, 6) is 0.589. The number of hydrogen-bond acceptors (Lipinski definition) is 3. The SMILES string of the molecule is CC(C)(C)C(=O)Nc1ccc(Nc2ccc(Cl)c(Cl)c2)nc1. The van der Waals surface area contributed by atoms with Crippen LogP contribution in [0.1, 0.15) is 20.8 Å². The lowest BCUT2D eigenvalue weighted by Crippen LogP contribution is -2.27. The number of anilines is 3. The summed E-state index contributed by atoms with van der Waals surface area (Å²) in [6.07, 6.45) is 1.60. The van der Waals surface area contributed by atoms with Crippen molar-refractivity contribution < 1.29 is 4.79 Å². The minimum Gasteiger partial charge on any atom is -0.340 e. The Labute approximate surface area is 139 Å². The monoisotopic (exact) mass is 337 g/mol. The topological polar surface area (TPSA) is 54.0 Å². The highest BCUT2D eigenvalue weighted by Crippen LogP contribution is 2.26. The second-order valence-electron chi connectivity index (χ2n) is 5.89.